The van der Waals surface area contributed by atoms with E-state index in [2.05, 4.69) is 26.1 Å². The quantitative estimate of drug-likeness (QED) is 0.716. The van der Waals surface area contributed by atoms with Gasteiger partial charge in [0, 0.05) is 12.5 Å². The van der Waals surface area contributed by atoms with Gasteiger partial charge in [-0.1, -0.05) is 34.6 Å². The summed E-state index contributed by atoms with van der Waals surface area (Å²) in [4.78, 5) is 11.7. The fraction of sp³-hybridized carbons (Fsp3) is 0.909. The summed E-state index contributed by atoms with van der Waals surface area (Å²) in [5.74, 6) is 0.138. The average molecular weight is 185 g/mol. The van der Waals surface area contributed by atoms with Gasteiger partial charge in [0.2, 0.25) is 5.91 Å². The van der Waals surface area contributed by atoms with Crippen LogP contribution in [0.15, 0.2) is 0 Å². The molecule has 0 rings (SSSR count). The van der Waals surface area contributed by atoms with E-state index in [9.17, 15) is 4.79 Å². The number of nitrogens with one attached hydrogen (secondary N) is 1. The molecular formula is C11H23NO. The van der Waals surface area contributed by atoms with Crippen LogP contribution in [0.1, 0.15) is 47.5 Å². The van der Waals surface area contributed by atoms with Crippen molar-refractivity contribution in [1.82, 2.24) is 5.32 Å². The molecule has 0 aromatic rings. The molecule has 0 heterocycles. The minimum absolute atomic E-state index is 0.0904. The van der Waals surface area contributed by atoms with Crippen molar-refractivity contribution in [2.45, 2.75) is 47.5 Å². The van der Waals surface area contributed by atoms with Crippen molar-refractivity contribution in [3.63, 3.8) is 0 Å². The Morgan fingerprint density at radius 3 is 1.77 bits per heavy atom. The lowest BCUT2D eigenvalue weighted by molar-refractivity contribution is -0.136. The number of hydrogen-bond acceptors (Lipinski definition) is 1. The Balaban J connectivity index is 4.87. The van der Waals surface area contributed by atoms with Gasteiger partial charge in [-0.05, 0) is 18.3 Å². The summed E-state index contributed by atoms with van der Waals surface area (Å²) >= 11 is 0. The van der Waals surface area contributed by atoms with Crippen LogP contribution in [0, 0.1) is 10.8 Å². The molecule has 0 spiro atoms. The van der Waals surface area contributed by atoms with Crippen LogP contribution in [0.25, 0.3) is 0 Å². The summed E-state index contributed by atoms with van der Waals surface area (Å²) in [5.41, 5.74) is -0.196. The molecule has 0 radical (unpaired) electrons. The van der Waals surface area contributed by atoms with Crippen molar-refractivity contribution in [1.29, 1.82) is 0 Å². The molecule has 0 aliphatic carbocycles. The predicted octanol–water partition coefficient (Wildman–Crippen LogP) is 2.58. The second-order valence-electron chi connectivity index (χ2n) is 4.47. The van der Waals surface area contributed by atoms with E-state index in [1.165, 1.54) is 0 Å². The van der Waals surface area contributed by atoms with Gasteiger partial charge in [0.25, 0.3) is 0 Å². The summed E-state index contributed by atoms with van der Waals surface area (Å²) in [6.07, 6.45) is 2.06. The maximum absolute atomic E-state index is 11.7. The minimum Gasteiger partial charge on any atom is -0.359 e. The van der Waals surface area contributed by atoms with Crippen molar-refractivity contribution < 1.29 is 4.79 Å². The molecule has 13 heavy (non-hydrogen) atoms. The van der Waals surface area contributed by atoms with Crippen molar-refractivity contribution in [3.05, 3.63) is 0 Å². The van der Waals surface area contributed by atoms with E-state index in [0.29, 0.717) is 0 Å². The summed E-state index contributed by atoms with van der Waals surface area (Å²) in [5, 5.41) is 2.74. The second kappa shape index (κ2) is 4.12. The molecule has 0 saturated carbocycles. The van der Waals surface area contributed by atoms with E-state index in [0.717, 1.165) is 12.8 Å². The van der Waals surface area contributed by atoms with Gasteiger partial charge in [-0.25, -0.2) is 0 Å². The Morgan fingerprint density at radius 1 is 1.15 bits per heavy atom. The first-order valence-electron chi connectivity index (χ1n) is 5.08. The Bertz CT molecular complexity index is 181. The zero-order valence-corrected chi connectivity index (χ0v) is 9.82. The summed E-state index contributed by atoms with van der Waals surface area (Å²) in [7, 11) is 1.70. The molecule has 0 unspecified atom stereocenters. The molecule has 0 fully saturated rings. The topological polar surface area (TPSA) is 29.1 Å². The number of rotatable bonds is 4. The lowest BCUT2D eigenvalue weighted by Crippen LogP contribution is -2.46. The van der Waals surface area contributed by atoms with E-state index in [-0.39, 0.29) is 16.7 Å². The molecule has 0 aromatic heterocycles. The zero-order valence-electron chi connectivity index (χ0n) is 9.82. The van der Waals surface area contributed by atoms with Gasteiger partial charge in [0.1, 0.15) is 0 Å². The number of carbonyl (C=O) groups is 1. The van der Waals surface area contributed by atoms with Crippen LogP contribution < -0.4 is 5.32 Å². The van der Waals surface area contributed by atoms with Crippen molar-refractivity contribution >= 4 is 5.91 Å². The molecule has 0 bridgehead atoms. The third-order valence-corrected chi connectivity index (χ3v) is 3.86. The van der Waals surface area contributed by atoms with E-state index in [4.69, 9.17) is 0 Å². The number of hydrogen-bond donors (Lipinski definition) is 1. The molecule has 1 amide bonds. The highest BCUT2D eigenvalue weighted by Gasteiger charge is 2.43. The van der Waals surface area contributed by atoms with Crippen molar-refractivity contribution in [3.8, 4) is 0 Å². The van der Waals surface area contributed by atoms with Crippen LogP contribution in [0.4, 0.5) is 0 Å². The SMILES string of the molecule is CCC(C)(CC)C(C)(C)C(=O)NC. The van der Waals surface area contributed by atoms with Gasteiger partial charge in [0.05, 0.1) is 0 Å². The van der Waals surface area contributed by atoms with Crippen LogP contribution in [-0.2, 0) is 4.79 Å². The molecule has 0 saturated heterocycles. The van der Waals surface area contributed by atoms with Gasteiger partial charge >= 0.3 is 0 Å². The molecule has 0 aliphatic heterocycles. The Hall–Kier alpha value is -0.530. The largest absolute Gasteiger partial charge is 0.359 e. The second-order valence-corrected chi connectivity index (χ2v) is 4.47. The summed E-state index contributed by atoms with van der Waals surface area (Å²) < 4.78 is 0. The first-order valence-corrected chi connectivity index (χ1v) is 5.08. The Labute approximate surface area is 82.1 Å². The number of carbonyl (C=O) groups excluding carboxylic acids is 1. The number of amides is 1. The fourth-order valence-corrected chi connectivity index (χ4v) is 1.72. The van der Waals surface area contributed by atoms with Crippen molar-refractivity contribution in [2.75, 3.05) is 7.05 Å². The zero-order chi connectivity index (χ0) is 10.7. The molecule has 0 aromatic carbocycles. The smallest absolute Gasteiger partial charge is 0.225 e. The lowest BCUT2D eigenvalue weighted by atomic mass is 9.63. The molecule has 0 atom stereocenters. The molecule has 2 heteroatoms. The highest BCUT2D eigenvalue weighted by Crippen LogP contribution is 2.44. The van der Waals surface area contributed by atoms with Crippen LogP contribution in [0.5, 0.6) is 0 Å². The molecule has 0 aliphatic rings. The van der Waals surface area contributed by atoms with Gasteiger partial charge in [0.15, 0.2) is 0 Å². The molecule has 2 nitrogen and oxygen atoms in total. The first-order chi connectivity index (χ1) is 5.85. The summed E-state index contributed by atoms with van der Waals surface area (Å²) in [6, 6.07) is 0. The minimum atomic E-state index is -0.286. The maximum atomic E-state index is 11.7. The molecule has 78 valence electrons. The van der Waals surface area contributed by atoms with Crippen LogP contribution >= 0.6 is 0 Å². The van der Waals surface area contributed by atoms with Crippen LogP contribution in [0.2, 0.25) is 0 Å². The van der Waals surface area contributed by atoms with Crippen molar-refractivity contribution in [2.24, 2.45) is 10.8 Å². The van der Waals surface area contributed by atoms with Gasteiger partial charge in [-0.15, -0.1) is 0 Å². The van der Waals surface area contributed by atoms with Crippen LogP contribution in [-0.4, -0.2) is 13.0 Å². The lowest BCUT2D eigenvalue weighted by Gasteiger charge is -2.41. The van der Waals surface area contributed by atoms with E-state index >= 15 is 0 Å². The Kier molecular flexibility index (Phi) is 3.95. The Morgan fingerprint density at radius 2 is 1.54 bits per heavy atom. The summed E-state index contributed by atoms with van der Waals surface area (Å²) in [6.45, 7) is 10.5. The van der Waals surface area contributed by atoms with E-state index in [1.807, 2.05) is 13.8 Å². The average Bonchev–Trinajstić information content (AvgIpc) is 2.14. The van der Waals surface area contributed by atoms with Gasteiger partial charge < -0.3 is 5.32 Å². The van der Waals surface area contributed by atoms with E-state index in [1.54, 1.807) is 7.05 Å². The third-order valence-electron chi connectivity index (χ3n) is 3.86. The standard InChI is InChI=1S/C11H23NO/c1-7-11(5,8-2)10(3,4)9(13)12-6/h7-8H2,1-6H3,(H,12,13). The monoisotopic (exact) mass is 185 g/mol. The van der Waals surface area contributed by atoms with Gasteiger partial charge in [-0.2, -0.15) is 0 Å². The predicted molar refractivity (Wildman–Crippen MR) is 56.5 cm³/mol. The highest BCUT2D eigenvalue weighted by atomic mass is 16.2. The van der Waals surface area contributed by atoms with Crippen LogP contribution in [0.3, 0.4) is 0 Å². The normalized spacial score (nSPS) is 12.8. The first kappa shape index (κ1) is 12.5. The maximum Gasteiger partial charge on any atom is 0.225 e. The molecule has 1 N–H and O–H groups in total. The molecular weight excluding hydrogens is 162 g/mol. The van der Waals surface area contributed by atoms with E-state index < -0.39 is 0 Å². The fourth-order valence-electron chi connectivity index (χ4n) is 1.72. The van der Waals surface area contributed by atoms with Gasteiger partial charge in [-0.3, -0.25) is 4.79 Å². The third kappa shape index (κ3) is 2.04. The highest BCUT2D eigenvalue weighted by molar-refractivity contribution is 5.82.